The van der Waals surface area contributed by atoms with E-state index in [1.54, 1.807) is 77.1 Å². The first kappa shape index (κ1) is 34.8. The number of nitrogen functional groups attached to an aromatic ring is 1. The maximum Gasteiger partial charge on any atom is 0.459 e. The van der Waals surface area contributed by atoms with Crippen molar-refractivity contribution < 1.29 is 46.9 Å². The molecule has 1 aliphatic rings. The molecule has 1 saturated heterocycles. The number of carbonyl (C=O) groups is 3. The molecule has 3 N–H and O–H groups in total. The molecule has 2 aromatic heterocycles. The minimum Gasteiger partial charge on any atom is -0.462 e. The average molecular weight is 662 g/mol. The molecule has 0 bridgehead atoms. The first-order valence-electron chi connectivity index (χ1n) is 14.9. The molecule has 0 radical (unpaired) electrons. The van der Waals surface area contributed by atoms with Crippen molar-refractivity contribution in [1.29, 1.82) is 0 Å². The Morgan fingerprint density at radius 2 is 1.74 bits per heavy atom. The minimum atomic E-state index is -4.36. The van der Waals surface area contributed by atoms with Crippen molar-refractivity contribution in [2.24, 2.45) is 0 Å². The highest BCUT2D eigenvalue weighted by molar-refractivity contribution is 7.52. The van der Waals surface area contributed by atoms with Gasteiger partial charge in [0.05, 0.1) is 18.4 Å². The van der Waals surface area contributed by atoms with Crippen molar-refractivity contribution in [3.05, 3.63) is 54.5 Å². The number of para-hydroxylation sites is 1. The summed E-state index contributed by atoms with van der Waals surface area (Å²) in [6, 6.07) is 10.5. The van der Waals surface area contributed by atoms with Crippen molar-refractivity contribution in [1.82, 2.24) is 19.7 Å². The van der Waals surface area contributed by atoms with Gasteiger partial charge in [0.1, 0.15) is 35.3 Å². The van der Waals surface area contributed by atoms with Gasteiger partial charge in [0.2, 0.25) is 0 Å². The van der Waals surface area contributed by atoms with Crippen LogP contribution in [0.25, 0.3) is 5.52 Å². The van der Waals surface area contributed by atoms with Crippen LogP contribution in [0.2, 0.25) is 0 Å². The first-order chi connectivity index (χ1) is 21.8. The number of nitrogens with zero attached hydrogens (tertiary/aromatic N) is 3. The molecule has 3 aromatic rings. The fourth-order valence-corrected chi connectivity index (χ4v) is 6.37. The molecule has 46 heavy (non-hydrogen) atoms. The van der Waals surface area contributed by atoms with Gasteiger partial charge in [-0.3, -0.25) is 18.9 Å². The Morgan fingerprint density at radius 1 is 1.07 bits per heavy atom. The predicted molar refractivity (Wildman–Crippen MR) is 164 cm³/mol. The number of carbonyl (C=O) groups excluding carboxylic acids is 3. The number of nitrogens with two attached hydrogens (primary N) is 1. The van der Waals surface area contributed by atoms with Crippen molar-refractivity contribution in [3.8, 4) is 5.75 Å². The molecule has 250 valence electrons. The van der Waals surface area contributed by atoms with Gasteiger partial charge in [-0.2, -0.15) is 10.2 Å². The van der Waals surface area contributed by atoms with Crippen molar-refractivity contribution >= 4 is 37.0 Å². The second kappa shape index (κ2) is 14.6. The van der Waals surface area contributed by atoms with E-state index in [0.29, 0.717) is 11.2 Å². The van der Waals surface area contributed by atoms with E-state index in [-0.39, 0.29) is 24.4 Å². The van der Waals surface area contributed by atoms with Crippen LogP contribution >= 0.6 is 7.75 Å². The molecule has 0 amide bonds. The van der Waals surface area contributed by atoms with Gasteiger partial charge in [-0.1, -0.05) is 32.0 Å². The highest BCUT2D eigenvalue weighted by Crippen LogP contribution is 2.50. The van der Waals surface area contributed by atoms with Gasteiger partial charge in [0, 0.05) is 12.8 Å². The lowest BCUT2D eigenvalue weighted by Crippen LogP contribution is -2.48. The fraction of sp³-hybridized carbons (Fsp3) is 0.500. The summed E-state index contributed by atoms with van der Waals surface area (Å²) >= 11 is 0. The average Bonchev–Trinajstić information content (AvgIpc) is 3.56. The zero-order chi connectivity index (χ0) is 33.6. The Morgan fingerprint density at radius 3 is 2.39 bits per heavy atom. The van der Waals surface area contributed by atoms with Gasteiger partial charge in [0.25, 0.3) is 0 Å². The Labute approximate surface area is 266 Å². The molecule has 16 heteroatoms. The van der Waals surface area contributed by atoms with E-state index in [0.717, 1.165) is 0 Å². The van der Waals surface area contributed by atoms with Crippen LogP contribution in [0.4, 0.5) is 5.82 Å². The van der Waals surface area contributed by atoms with Crippen LogP contribution in [0.5, 0.6) is 5.75 Å². The van der Waals surface area contributed by atoms with E-state index in [9.17, 15) is 18.9 Å². The number of rotatable bonds is 14. The number of nitrogens with one attached hydrogen (secondary N) is 1. The number of benzene rings is 1. The molecule has 1 fully saturated rings. The van der Waals surface area contributed by atoms with Gasteiger partial charge in [-0.25, -0.2) is 14.1 Å². The molecule has 4 rings (SSSR count). The third-order valence-electron chi connectivity index (χ3n) is 7.05. The summed E-state index contributed by atoms with van der Waals surface area (Å²) in [4.78, 5) is 42.0. The summed E-state index contributed by atoms with van der Waals surface area (Å²) < 4.78 is 50.9. The largest absolute Gasteiger partial charge is 0.462 e. The highest BCUT2D eigenvalue weighted by Gasteiger charge is 2.59. The van der Waals surface area contributed by atoms with Gasteiger partial charge >= 0.3 is 25.7 Å². The summed E-state index contributed by atoms with van der Waals surface area (Å²) in [5.74, 6) is -1.46. The Balaban J connectivity index is 1.72. The maximum atomic E-state index is 14.2. The molecule has 3 heterocycles. The second-order valence-electron chi connectivity index (χ2n) is 11.1. The lowest BCUT2D eigenvalue weighted by Gasteiger charge is -2.32. The minimum absolute atomic E-state index is 0.0109. The summed E-state index contributed by atoms with van der Waals surface area (Å²) in [5, 5.41) is 6.91. The van der Waals surface area contributed by atoms with E-state index < -0.39 is 68.3 Å². The summed E-state index contributed by atoms with van der Waals surface area (Å²) in [5.41, 5.74) is 5.37. The van der Waals surface area contributed by atoms with Crippen molar-refractivity contribution in [2.45, 2.75) is 90.4 Å². The maximum absolute atomic E-state index is 14.2. The molecule has 1 aromatic carbocycles. The Hall–Kier alpha value is -4.04. The molecule has 6 atom stereocenters. The molecule has 0 unspecified atom stereocenters. The Bertz CT molecular complexity index is 1580. The standard InChI is InChI=1S/C30H40N5O10P/c1-7-23(36)42-26-25(21-14-15-22-28(31)32-17-33-35(21)22)44-30(6,27(26)43-24(37)8-2)16-40-46(39,45-20-12-10-9-11-13-20)34-19(5)29(38)41-18(3)4/h9-15,17-19,25-27H,7-8,16H2,1-6H3,(H,34,39)(H2,31,32,33)/t19-,25-,26-,27-,30+,46-/m0/s1. The summed E-state index contributed by atoms with van der Waals surface area (Å²) in [6.45, 7) is 9.12. The SMILES string of the molecule is CCC(=O)O[C@H]1[C@H](c2ccc3c(N)ncnn23)O[C@](C)(CO[P@@](=O)(N[C@@H](C)C(=O)OC(C)C)Oc2ccccc2)[C@H]1OC(=O)CC. The number of esters is 3. The van der Waals surface area contributed by atoms with Gasteiger partial charge in [-0.05, 0) is 52.0 Å². The van der Waals surface area contributed by atoms with Crippen LogP contribution in [0.15, 0.2) is 48.8 Å². The van der Waals surface area contributed by atoms with E-state index in [4.69, 9.17) is 33.7 Å². The van der Waals surface area contributed by atoms with E-state index in [1.165, 1.54) is 17.8 Å². The molecular formula is C30H40N5O10P. The van der Waals surface area contributed by atoms with Gasteiger partial charge in [0.15, 0.2) is 18.0 Å². The lowest BCUT2D eigenvalue weighted by molar-refractivity contribution is -0.171. The molecule has 0 aliphatic carbocycles. The number of fused-ring (bicyclic) bond motifs is 1. The molecule has 1 aliphatic heterocycles. The van der Waals surface area contributed by atoms with E-state index >= 15 is 0 Å². The molecule has 0 saturated carbocycles. The zero-order valence-corrected chi connectivity index (χ0v) is 27.5. The number of hydrogen-bond donors (Lipinski definition) is 2. The van der Waals surface area contributed by atoms with Crippen molar-refractivity contribution in [3.63, 3.8) is 0 Å². The van der Waals surface area contributed by atoms with E-state index in [2.05, 4.69) is 15.2 Å². The van der Waals surface area contributed by atoms with Crippen LogP contribution in [-0.2, 0) is 42.4 Å². The lowest BCUT2D eigenvalue weighted by atomic mass is 9.96. The predicted octanol–water partition coefficient (Wildman–Crippen LogP) is 3.92. The number of aromatic nitrogens is 3. The fourth-order valence-electron chi connectivity index (χ4n) is 4.79. The van der Waals surface area contributed by atoms with Crippen LogP contribution in [0.1, 0.15) is 66.2 Å². The first-order valence-corrected chi connectivity index (χ1v) is 16.5. The van der Waals surface area contributed by atoms with Crippen LogP contribution in [0.3, 0.4) is 0 Å². The summed E-state index contributed by atoms with van der Waals surface area (Å²) in [6.07, 6.45) is -2.57. The third-order valence-corrected chi connectivity index (χ3v) is 8.67. The van der Waals surface area contributed by atoms with Crippen LogP contribution in [-0.4, -0.2) is 69.1 Å². The third kappa shape index (κ3) is 8.02. The number of hydrogen-bond acceptors (Lipinski definition) is 13. The number of anilines is 1. The van der Waals surface area contributed by atoms with Crippen molar-refractivity contribution in [2.75, 3.05) is 12.3 Å². The topological polar surface area (TPSA) is 192 Å². The quantitative estimate of drug-likeness (QED) is 0.143. The molecule has 15 nitrogen and oxygen atoms in total. The zero-order valence-electron chi connectivity index (χ0n) is 26.6. The Kier molecular flexibility index (Phi) is 11.0. The second-order valence-corrected chi connectivity index (χ2v) is 12.8. The van der Waals surface area contributed by atoms with Crippen LogP contribution in [0, 0.1) is 0 Å². The molecule has 0 spiro atoms. The van der Waals surface area contributed by atoms with Gasteiger partial charge < -0.3 is 29.2 Å². The van der Waals surface area contributed by atoms with Gasteiger partial charge in [-0.15, -0.1) is 0 Å². The molecular weight excluding hydrogens is 621 g/mol. The van der Waals surface area contributed by atoms with Crippen LogP contribution < -0.4 is 15.3 Å². The van der Waals surface area contributed by atoms with E-state index in [1.807, 2.05) is 0 Å². The smallest absolute Gasteiger partial charge is 0.459 e. The normalized spacial score (nSPS) is 23.1. The monoisotopic (exact) mass is 661 g/mol. The summed E-state index contributed by atoms with van der Waals surface area (Å²) in [7, 11) is -4.36. The number of ether oxygens (including phenoxy) is 4. The highest BCUT2D eigenvalue weighted by atomic mass is 31.2.